The Balaban J connectivity index is 2.86. The molecule has 1 aromatic heterocycles. The first-order valence-electron chi connectivity index (χ1n) is 4.05. The van der Waals surface area contributed by atoms with Gasteiger partial charge in [0.1, 0.15) is 16.4 Å². The van der Waals surface area contributed by atoms with Gasteiger partial charge in [-0.3, -0.25) is 4.79 Å². The highest BCUT2D eigenvalue weighted by molar-refractivity contribution is 7.21. The molecular weight excluding hydrogens is 200 g/mol. The molecule has 0 unspecified atom stereocenters. The number of fused-ring (bicyclic) bond motifs is 1. The average Bonchev–Trinajstić information content (AvgIpc) is 2.46. The zero-order valence-corrected chi connectivity index (χ0v) is 8.26. The minimum absolute atomic E-state index is 0.0339. The molecule has 4 heteroatoms. The molecule has 2 N–H and O–H groups in total. The lowest BCUT2D eigenvalue weighted by Gasteiger charge is -1.92. The highest BCUT2D eigenvalue weighted by atomic mass is 32.1. The predicted octanol–water partition coefficient (Wildman–Crippen LogP) is 2.52. The Labute approximate surface area is 84.2 Å². The summed E-state index contributed by atoms with van der Waals surface area (Å²) in [6, 6.07) is 4.84. The summed E-state index contributed by atoms with van der Waals surface area (Å²) in [5, 5.41) is 19.7. The highest BCUT2D eigenvalue weighted by Crippen LogP contribution is 2.41. The van der Waals surface area contributed by atoms with Gasteiger partial charge < -0.3 is 10.2 Å². The van der Waals surface area contributed by atoms with E-state index in [2.05, 4.69) is 0 Å². The van der Waals surface area contributed by atoms with Crippen LogP contribution in [0.1, 0.15) is 16.6 Å². The molecule has 0 aliphatic carbocycles. The molecule has 0 radical (unpaired) electrons. The molecule has 0 aliphatic heterocycles. The van der Waals surface area contributed by atoms with Crippen molar-refractivity contribution in [3.8, 4) is 11.5 Å². The molecular formula is C10H8O3S. The highest BCUT2D eigenvalue weighted by Gasteiger charge is 2.16. The van der Waals surface area contributed by atoms with E-state index in [1.165, 1.54) is 13.0 Å². The number of hydrogen-bond acceptors (Lipinski definition) is 4. The molecule has 0 atom stereocenters. The van der Waals surface area contributed by atoms with E-state index in [1.807, 2.05) is 0 Å². The van der Waals surface area contributed by atoms with Gasteiger partial charge in [-0.2, -0.15) is 0 Å². The van der Waals surface area contributed by atoms with Gasteiger partial charge in [0.15, 0.2) is 5.78 Å². The SMILES string of the molecule is CC(=O)c1sc2c(O)cccc2c1O. The topological polar surface area (TPSA) is 57.5 Å². The van der Waals surface area contributed by atoms with Gasteiger partial charge in [0.05, 0.1) is 4.70 Å². The molecule has 2 aromatic rings. The van der Waals surface area contributed by atoms with Gasteiger partial charge >= 0.3 is 0 Å². The molecule has 3 nitrogen and oxygen atoms in total. The van der Waals surface area contributed by atoms with Crippen LogP contribution in [0.4, 0.5) is 0 Å². The molecule has 0 amide bonds. The number of carbonyl (C=O) groups is 1. The van der Waals surface area contributed by atoms with E-state index in [0.29, 0.717) is 15.0 Å². The second-order valence-electron chi connectivity index (χ2n) is 2.99. The van der Waals surface area contributed by atoms with Crippen molar-refractivity contribution >= 4 is 27.2 Å². The molecule has 2 rings (SSSR count). The number of aromatic hydroxyl groups is 2. The lowest BCUT2D eigenvalue weighted by atomic mass is 10.2. The maximum atomic E-state index is 11.1. The Morgan fingerprint density at radius 2 is 2.07 bits per heavy atom. The van der Waals surface area contributed by atoms with Crippen LogP contribution in [0.25, 0.3) is 10.1 Å². The molecule has 1 aromatic carbocycles. The maximum absolute atomic E-state index is 11.1. The number of phenolic OH excluding ortho intramolecular Hbond substituents is 1. The van der Waals surface area contributed by atoms with Crippen molar-refractivity contribution in [2.75, 3.05) is 0 Å². The van der Waals surface area contributed by atoms with E-state index in [0.717, 1.165) is 11.3 Å². The number of rotatable bonds is 1. The Morgan fingerprint density at radius 3 is 2.64 bits per heavy atom. The third-order valence-electron chi connectivity index (χ3n) is 1.99. The molecule has 14 heavy (non-hydrogen) atoms. The third-order valence-corrected chi connectivity index (χ3v) is 3.31. The van der Waals surface area contributed by atoms with Crippen LogP contribution in [0.15, 0.2) is 18.2 Å². The lowest BCUT2D eigenvalue weighted by molar-refractivity contribution is 0.101. The van der Waals surface area contributed by atoms with Gasteiger partial charge in [0, 0.05) is 12.3 Å². The van der Waals surface area contributed by atoms with E-state index < -0.39 is 0 Å². The van der Waals surface area contributed by atoms with Gasteiger partial charge in [-0.15, -0.1) is 11.3 Å². The Bertz CT molecular complexity index is 513. The summed E-state index contributed by atoms with van der Waals surface area (Å²) in [4.78, 5) is 11.4. The van der Waals surface area contributed by atoms with E-state index >= 15 is 0 Å². The van der Waals surface area contributed by atoms with Crippen molar-refractivity contribution in [2.45, 2.75) is 6.92 Å². The van der Waals surface area contributed by atoms with Crippen LogP contribution in [-0.4, -0.2) is 16.0 Å². The summed E-state index contributed by atoms with van der Waals surface area (Å²) in [7, 11) is 0. The van der Waals surface area contributed by atoms with Crippen LogP contribution in [0, 0.1) is 0 Å². The Hall–Kier alpha value is -1.55. The fraction of sp³-hybridized carbons (Fsp3) is 0.100. The lowest BCUT2D eigenvalue weighted by Crippen LogP contribution is -1.85. The van der Waals surface area contributed by atoms with Crippen molar-refractivity contribution in [3.05, 3.63) is 23.1 Å². The summed E-state index contributed by atoms with van der Waals surface area (Å²) in [6.45, 7) is 1.39. The number of benzene rings is 1. The number of ketones is 1. The minimum Gasteiger partial charge on any atom is -0.506 e. The van der Waals surface area contributed by atoms with E-state index in [9.17, 15) is 15.0 Å². The van der Waals surface area contributed by atoms with E-state index in [-0.39, 0.29) is 17.3 Å². The van der Waals surface area contributed by atoms with Crippen molar-refractivity contribution in [3.63, 3.8) is 0 Å². The molecule has 0 bridgehead atoms. The summed E-state index contributed by atoms with van der Waals surface area (Å²) >= 11 is 1.11. The zero-order valence-electron chi connectivity index (χ0n) is 7.44. The van der Waals surface area contributed by atoms with Crippen LogP contribution in [0.3, 0.4) is 0 Å². The zero-order chi connectivity index (χ0) is 10.3. The monoisotopic (exact) mass is 208 g/mol. The average molecular weight is 208 g/mol. The molecule has 72 valence electrons. The molecule has 0 fully saturated rings. The number of Topliss-reactive ketones (excluding diaryl/α,β-unsaturated/α-hetero) is 1. The largest absolute Gasteiger partial charge is 0.506 e. The third kappa shape index (κ3) is 1.15. The number of carbonyl (C=O) groups excluding carboxylic acids is 1. The van der Waals surface area contributed by atoms with Crippen molar-refractivity contribution < 1.29 is 15.0 Å². The van der Waals surface area contributed by atoms with Crippen LogP contribution >= 0.6 is 11.3 Å². The Kier molecular flexibility index (Phi) is 1.93. The Morgan fingerprint density at radius 1 is 1.36 bits per heavy atom. The van der Waals surface area contributed by atoms with Gasteiger partial charge in [0.25, 0.3) is 0 Å². The van der Waals surface area contributed by atoms with Gasteiger partial charge in [-0.05, 0) is 12.1 Å². The standard InChI is InChI=1S/C10H8O3S/c1-5(11)9-8(13)6-3-2-4-7(12)10(6)14-9/h2-4,12-13H,1H3. The fourth-order valence-electron chi connectivity index (χ4n) is 1.33. The molecule has 0 saturated carbocycles. The summed E-state index contributed by atoms with van der Waals surface area (Å²) in [5.41, 5.74) is 0. The molecule has 0 aliphatic rings. The normalized spacial score (nSPS) is 10.6. The predicted molar refractivity (Wildman–Crippen MR) is 55.2 cm³/mol. The maximum Gasteiger partial charge on any atom is 0.173 e. The van der Waals surface area contributed by atoms with Crippen molar-refractivity contribution in [1.82, 2.24) is 0 Å². The van der Waals surface area contributed by atoms with Gasteiger partial charge in [0.2, 0.25) is 0 Å². The van der Waals surface area contributed by atoms with Crippen LogP contribution < -0.4 is 0 Å². The number of hydrogen-bond donors (Lipinski definition) is 2. The second kappa shape index (κ2) is 2.99. The number of phenols is 1. The van der Waals surface area contributed by atoms with E-state index in [4.69, 9.17) is 0 Å². The summed E-state index contributed by atoms with van der Waals surface area (Å²) in [6.07, 6.45) is 0. The molecule has 1 heterocycles. The van der Waals surface area contributed by atoms with Gasteiger partial charge in [-0.25, -0.2) is 0 Å². The van der Waals surface area contributed by atoms with Crippen LogP contribution in [0.5, 0.6) is 11.5 Å². The molecule has 0 saturated heterocycles. The van der Waals surface area contributed by atoms with E-state index in [1.54, 1.807) is 12.1 Å². The first kappa shape index (κ1) is 9.02. The quantitative estimate of drug-likeness (QED) is 0.708. The summed E-state index contributed by atoms with van der Waals surface area (Å²) in [5.74, 6) is -0.133. The fourth-order valence-corrected chi connectivity index (χ4v) is 2.33. The van der Waals surface area contributed by atoms with Crippen molar-refractivity contribution in [1.29, 1.82) is 0 Å². The minimum atomic E-state index is -0.192. The van der Waals surface area contributed by atoms with Crippen molar-refractivity contribution in [2.24, 2.45) is 0 Å². The summed E-state index contributed by atoms with van der Waals surface area (Å²) < 4.78 is 0.551. The van der Waals surface area contributed by atoms with Crippen LogP contribution in [-0.2, 0) is 0 Å². The van der Waals surface area contributed by atoms with Crippen LogP contribution in [0.2, 0.25) is 0 Å². The first-order chi connectivity index (χ1) is 6.61. The molecule has 0 spiro atoms. The first-order valence-corrected chi connectivity index (χ1v) is 4.87. The number of thiophene rings is 1. The second-order valence-corrected chi connectivity index (χ2v) is 4.01. The smallest absolute Gasteiger partial charge is 0.173 e. The van der Waals surface area contributed by atoms with Gasteiger partial charge in [-0.1, -0.05) is 6.07 Å².